The predicted molar refractivity (Wildman–Crippen MR) is 63.6 cm³/mol. The van der Waals surface area contributed by atoms with Gasteiger partial charge in [0.15, 0.2) is 0 Å². The molecule has 6 nitrogen and oxygen atoms in total. The molecule has 1 aromatic heterocycles. The Morgan fingerprint density at radius 3 is 2.82 bits per heavy atom. The molecule has 17 heavy (non-hydrogen) atoms. The van der Waals surface area contributed by atoms with Crippen molar-refractivity contribution in [2.45, 2.75) is 13.5 Å². The summed E-state index contributed by atoms with van der Waals surface area (Å²) < 4.78 is 1.70. The van der Waals surface area contributed by atoms with E-state index in [-0.39, 0.29) is 5.69 Å². The molecule has 6 heteroatoms. The van der Waals surface area contributed by atoms with Crippen molar-refractivity contribution < 1.29 is 4.92 Å². The topological polar surface area (TPSA) is 87.0 Å². The van der Waals surface area contributed by atoms with Crippen LogP contribution in [0.2, 0.25) is 0 Å². The molecule has 1 aromatic carbocycles. The van der Waals surface area contributed by atoms with Gasteiger partial charge in [-0.05, 0) is 19.1 Å². The van der Waals surface area contributed by atoms with Crippen LogP contribution in [0.15, 0.2) is 30.5 Å². The maximum absolute atomic E-state index is 10.7. The number of nitro benzene ring substituents is 1. The molecule has 0 fully saturated rings. The summed E-state index contributed by atoms with van der Waals surface area (Å²) in [6.45, 7) is 2.31. The summed E-state index contributed by atoms with van der Waals surface area (Å²) in [5, 5.41) is 14.9. The average molecular weight is 232 g/mol. The van der Waals surface area contributed by atoms with Crippen LogP contribution in [0.1, 0.15) is 11.3 Å². The van der Waals surface area contributed by atoms with Gasteiger partial charge in [-0.3, -0.25) is 14.8 Å². The zero-order chi connectivity index (χ0) is 12.4. The molecule has 1 heterocycles. The van der Waals surface area contributed by atoms with E-state index in [0.717, 1.165) is 5.69 Å². The normalized spacial score (nSPS) is 10.4. The fraction of sp³-hybridized carbons (Fsp3) is 0.182. The summed E-state index contributed by atoms with van der Waals surface area (Å²) in [5.74, 6) is 0. The number of nitrogens with two attached hydrogens (primary N) is 1. The highest BCUT2D eigenvalue weighted by Gasteiger charge is 2.09. The Kier molecular flexibility index (Phi) is 2.78. The summed E-state index contributed by atoms with van der Waals surface area (Å²) in [4.78, 5) is 10.2. The molecule has 2 rings (SSSR count). The standard InChI is InChI=1S/C11H12N4O2/c1-8-4-5-14(13-8)7-9-6-10(15(16)17)2-3-11(9)12/h2-6H,7,12H2,1H3. The van der Waals surface area contributed by atoms with Gasteiger partial charge in [-0.25, -0.2) is 0 Å². The van der Waals surface area contributed by atoms with Crippen molar-refractivity contribution in [2.24, 2.45) is 0 Å². The minimum absolute atomic E-state index is 0.0399. The molecular formula is C11H12N4O2. The molecular weight excluding hydrogens is 220 g/mol. The molecule has 2 aromatic rings. The summed E-state index contributed by atoms with van der Waals surface area (Å²) in [5.41, 5.74) is 7.95. The van der Waals surface area contributed by atoms with Crippen LogP contribution in [-0.2, 0) is 6.54 Å². The quantitative estimate of drug-likeness (QED) is 0.496. The average Bonchev–Trinajstić information content (AvgIpc) is 2.67. The number of benzene rings is 1. The third-order valence-electron chi connectivity index (χ3n) is 2.44. The molecule has 0 aliphatic carbocycles. The zero-order valence-electron chi connectivity index (χ0n) is 9.33. The van der Waals surface area contributed by atoms with E-state index in [1.165, 1.54) is 12.1 Å². The number of hydrogen-bond acceptors (Lipinski definition) is 4. The number of aryl methyl sites for hydroxylation is 1. The van der Waals surface area contributed by atoms with Crippen LogP contribution in [0, 0.1) is 17.0 Å². The van der Waals surface area contributed by atoms with Crippen LogP contribution < -0.4 is 5.73 Å². The third kappa shape index (κ3) is 2.41. The van der Waals surface area contributed by atoms with Crippen molar-refractivity contribution >= 4 is 11.4 Å². The van der Waals surface area contributed by atoms with Gasteiger partial charge in [-0.15, -0.1) is 0 Å². The largest absolute Gasteiger partial charge is 0.398 e. The second-order valence-corrected chi connectivity index (χ2v) is 3.79. The maximum atomic E-state index is 10.7. The van der Waals surface area contributed by atoms with Crippen molar-refractivity contribution in [1.29, 1.82) is 0 Å². The molecule has 0 aliphatic rings. The summed E-state index contributed by atoms with van der Waals surface area (Å²) >= 11 is 0. The SMILES string of the molecule is Cc1ccn(Cc2cc([N+](=O)[O-])ccc2N)n1. The Morgan fingerprint density at radius 1 is 1.47 bits per heavy atom. The monoisotopic (exact) mass is 232 g/mol. The number of anilines is 1. The van der Waals surface area contributed by atoms with Crippen molar-refractivity contribution in [3.8, 4) is 0 Å². The first-order valence-electron chi connectivity index (χ1n) is 5.09. The van der Waals surface area contributed by atoms with Gasteiger partial charge in [0.2, 0.25) is 0 Å². The number of nitrogen functional groups attached to an aromatic ring is 1. The van der Waals surface area contributed by atoms with Crippen molar-refractivity contribution in [3.63, 3.8) is 0 Å². The molecule has 0 radical (unpaired) electrons. The Bertz CT molecular complexity index is 562. The van der Waals surface area contributed by atoms with Crippen LogP contribution in [0.5, 0.6) is 0 Å². The Morgan fingerprint density at radius 2 is 2.24 bits per heavy atom. The molecule has 0 saturated carbocycles. The summed E-state index contributed by atoms with van der Waals surface area (Å²) in [6, 6.07) is 6.29. The lowest BCUT2D eigenvalue weighted by Crippen LogP contribution is -2.04. The molecule has 0 aliphatic heterocycles. The van der Waals surface area contributed by atoms with Crippen LogP contribution in [0.3, 0.4) is 0 Å². The molecule has 0 saturated heterocycles. The first-order chi connectivity index (χ1) is 8.06. The van der Waals surface area contributed by atoms with Crippen molar-refractivity contribution in [2.75, 3.05) is 5.73 Å². The highest BCUT2D eigenvalue weighted by Crippen LogP contribution is 2.20. The molecule has 0 unspecified atom stereocenters. The van der Waals surface area contributed by atoms with Crippen LogP contribution in [0.4, 0.5) is 11.4 Å². The van der Waals surface area contributed by atoms with Gasteiger partial charge in [-0.1, -0.05) is 0 Å². The van der Waals surface area contributed by atoms with E-state index in [1.807, 2.05) is 19.2 Å². The molecule has 88 valence electrons. The number of nitro groups is 1. The van der Waals surface area contributed by atoms with E-state index in [2.05, 4.69) is 5.10 Å². The van der Waals surface area contributed by atoms with Gasteiger partial charge in [0, 0.05) is 29.6 Å². The Balaban J connectivity index is 2.31. The summed E-state index contributed by atoms with van der Waals surface area (Å²) in [6.07, 6.45) is 1.81. The number of nitrogens with zero attached hydrogens (tertiary/aromatic N) is 3. The zero-order valence-corrected chi connectivity index (χ0v) is 9.33. The summed E-state index contributed by atoms with van der Waals surface area (Å²) in [7, 11) is 0. The molecule has 0 bridgehead atoms. The molecule has 0 atom stereocenters. The van der Waals surface area contributed by atoms with Gasteiger partial charge in [-0.2, -0.15) is 5.10 Å². The lowest BCUT2D eigenvalue weighted by atomic mass is 10.1. The van der Waals surface area contributed by atoms with E-state index < -0.39 is 4.92 Å². The molecule has 0 amide bonds. The lowest BCUT2D eigenvalue weighted by molar-refractivity contribution is -0.384. The Labute approximate surface area is 97.8 Å². The highest BCUT2D eigenvalue weighted by atomic mass is 16.6. The van der Waals surface area contributed by atoms with E-state index in [0.29, 0.717) is 17.8 Å². The second-order valence-electron chi connectivity index (χ2n) is 3.79. The van der Waals surface area contributed by atoms with Gasteiger partial charge in [0.25, 0.3) is 5.69 Å². The van der Waals surface area contributed by atoms with Crippen molar-refractivity contribution in [3.05, 3.63) is 51.8 Å². The van der Waals surface area contributed by atoms with Gasteiger partial charge >= 0.3 is 0 Å². The first kappa shape index (κ1) is 11.1. The highest BCUT2D eigenvalue weighted by molar-refractivity contribution is 5.52. The second kappa shape index (κ2) is 4.25. The van der Waals surface area contributed by atoms with Crippen LogP contribution in [-0.4, -0.2) is 14.7 Å². The minimum Gasteiger partial charge on any atom is -0.398 e. The lowest BCUT2D eigenvalue weighted by Gasteiger charge is -2.05. The van der Waals surface area contributed by atoms with E-state index >= 15 is 0 Å². The third-order valence-corrected chi connectivity index (χ3v) is 2.44. The van der Waals surface area contributed by atoms with Gasteiger partial charge < -0.3 is 5.73 Å². The van der Waals surface area contributed by atoms with Crippen LogP contribution in [0.25, 0.3) is 0 Å². The Hall–Kier alpha value is -2.37. The maximum Gasteiger partial charge on any atom is 0.269 e. The number of aromatic nitrogens is 2. The number of non-ortho nitro benzene ring substituents is 1. The van der Waals surface area contributed by atoms with Gasteiger partial charge in [0.05, 0.1) is 17.2 Å². The van der Waals surface area contributed by atoms with Crippen molar-refractivity contribution in [1.82, 2.24) is 9.78 Å². The number of hydrogen-bond donors (Lipinski definition) is 1. The smallest absolute Gasteiger partial charge is 0.269 e. The van der Waals surface area contributed by atoms with E-state index in [9.17, 15) is 10.1 Å². The molecule has 0 spiro atoms. The fourth-order valence-electron chi connectivity index (χ4n) is 1.57. The first-order valence-corrected chi connectivity index (χ1v) is 5.09. The number of rotatable bonds is 3. The van der Waals surface area contributed by atoms with E-state index in [1.54, 1.807) is 10.7 Å². The molecule has 2 N–H and O–H groups in total. The van der Waals surface area contributed by atoms with Gasteiger partial charge in [0.1, 0.15) is 0 Å². The predicted octanol–water partition coefficient (Wildman–Crippen LogP) is 1.73. The van der Waals surface area contributed by atoms with Crippen LogP contribution >= 0.6 is 0 Å². The minimum atomic E-state index is -0.433. The van der Waals surface area contributed by atoms with E-state index in [4.69, 9.17) is 5.73 Å². The fourth-order valence-corrected chi connectivity index (χ4v) is 1.57.